The number of anilines is 1. The Labute approximate surface area is 213 Å². The minimum absolute atomic E-state index is 0.00636. The number of piperidine rings is 2. The van der Waals surface area contributed by atoms with Crippen molar-refractivity contribution >= 4 is 34.4 Å². The minimum atomic E-state index is -0.502. The molecule has 194 valence electrons. The van der Waals surface area contributed by atoms with E-state index in [4.69, 9.17) is 10.5 Å². The van der Waals surface area contributed by atoms with E-state index >= 15 is 0 Å². The van der Waals surface area contributed by atoms with E-state index in [1.807, 2.05) is 11.0 Å². The summed E-state index contributed by atoms with van der Waals surface area (Å²) in [5.41, 5.74) is 2.19. The average Bonchev–Trinajstić information content (AvgIpc) is 3.36. The van der Waals surface area contributed by atoms with Crippen molar-refractivity contribution in [2.24, 2.45) is 5.92 Å². The van der Waals surface area contributed by atoms with Gasteiger partial charge in [-0.15, -0.1) is 0 Å². The zero-order chi connectivity index (χ0) is 26.1. The highest BCUT2D eigenvalue weighted by Crippen LogP contribution is 2.32. The molecule has 0 aliphatic carbocycles. The number of pyridine rings is 1. The third kappa shape index (κ3) is 4.78. The number of nitrogens with zero attached hydrogens (tertiary/aromatic N) is 5. The lowest BCUT2D eigenvalue weighted by molar-refractivity contribution is -0.140. The number of carbonyl (C=O) groups is 2. The summed E-state index contributed by atoms with van der Waals surface area (Å²) in [6, 6.07) is 6.31. The number of rotatable bonds is 5. The van der Waals surface area contributed by atoms with Crippen LogP contribution in [0, 0.1) is 17.1 Å². The molecule has 5 rings (SSSR count). The standard InChI is InChI=1S/C26H30FN7O3/c1-29-26-21(18-10-17-11-19(27)3-4-22(17)30-12-18)13-31-34(26)25(28)16-2-5-23(36)33(14-16)20-6-8-32(9-7-20)24(37)15-35/h3-4,10-13,16,20,28-29,35H,2,5-9,14-15H2,1H3. The monoisotopic (exact) mass is 507 g/mol. The minimum Gasteiger partial charge on any atom is -0.387 e. The van der Waals surface area contributed by atoms with Crippen molar-refractivity contribution in [1.29, 1.82) is 5.41 Å². The molecule has 3 N–H and O–H groups in total. The summed E-state index contributed by atoms with van der Waals surface area (Å²) < 4.78 is 15.3. The number of hydrogen-bond donors (Lipinski definition) is 3. The molecule has 0 radical (unpaired) electrons. The van der Waals surface area contributed by atoms with Gasteiger partial charge in [0.25, 0.3) is 0 Å². The van der Waals surface area contributed by atoms with Gasteiger partial charge in [0.1, 0.15) is 24.1 Å². The Balaban J connectivity index is 1.34. The largest absolute Gasteiger partial charge is 0.387 e. The van der Waals surface area contributed by atoms with Crippen molar-refractivity contribution in [1.82, 2.24) is 24.6 Å². The lowest BCUT2D eigenvalue weighted by atomic mass is 9.92. The van der Waals surface area contributed by atoms with E-state index in [1.54, 1.807) is 35.1 Å². The number of aliphatic hydroxyl groups is 1. The highest BCUT2D eigenvalue weighted by molar-refractivity contribution is 5.93. The fourth-order valence-electron chi connectivity index (χ4n) is 5.38. The smallest absolute Gasteiger partial charge is 0.248 e. The first kappa shape index (κ1) is 24.8. The first-order valence-corrected chi connectivity index (χ1v) is 12.5. The zero-order valence-corrected chi connectivity index (χ0v) is 20.7. The maximum Gasteiger partial charge on any atom is 0.248 e. The van der Waals surface area contributed by atoms with E-state index in [0.717, 1.165) is 11.1 Å². The van der Waals surface area contributed by atoms with Gasteiger partial charge in [-0.1, -0.05) is 0 Å². The Morgan fingerprint density at radius 3 is 2.73 bits per heavy atom. The van der Waals surface area contributed by atoms with Crippen LogP contribution in [-0.2, 0) is 9.59 Å². The molecule has 0 bridgehead atoms. The molecular formula is C26H30FN7O3. The van der Waals surface area contributed by atoms with Gasteiger partial charge < -0.3 is 20.2 Å². The molecular weight excluding hydrogens is 477 g/mol. The third-order valence-corrected chi connectivity index (χ3v) is 7.41. The predicted octanol–water partition coefficient (Wildman–Crippen LogP) is 2.33. The molecule has 2 amide bonds. The molecule has 0 spiro atoms. The second-order valence-electron chi connectivity index (χ2n) is 9.57. The van der Waals surface area contributed by atoms with Crippen LogP contribution in [-0.4, -0.2) is 86.7 Å². The van der Waals surface area contributed by atoms with E-state index in [1.165, 1.54) is 12.1 Å². The number of likely N-dealkylation sites (tertiary alicyclic amines) is 2. The van der Waals surface area contributed by atoms with Crippen LogP contribution in [0.15, 0.2) is 36.7 Å². The summed E-state index contributed by atoms with van der Waals surface area (Å²) >= 11 is 0. The summed E-state index contributed by atoms with van der Waals surface area (Å²) in [7, 11) is 1.76. The summed E-state index contributed by atoms with van der Waals surface area (Å²) in [6.07, 6.45) is 5.60. The predicted molar refractivity (Wildman–Crippen MR) is 137 cm³/mol. The van der Waals surface area contributed by atoms with Gasteiger partial charge in [-0.2, -0.15) is 5.10 Å². The molecule has 1 atom stereocenters. The second-order valence-corrected chi connectivity index (χ2v) is 9.57. The van der Waals surface area contributed by atoms with E-state index in [9.17, 15) is 14.0 Å². The van der Waals surface area contributed by atoms with E-state index in [2.05, 4.69) is 15.4 Å². The van der Waals surface area contributed by atoms with E-state index in [-0.39, 0.29) is 29.6 Å². The SMILES string of the molecule is CNc1c(-c2cnc3ccc(F)cc3c2)cnn1C(=N)C1CCC(=O)N(C2CCN(C(=O)CO)CC2)C1. The van der Waals surface area contributed by atoms with Crippen molar-refractivity contribution in [2.75, 3.05) is 38.6 Å². The van der Waals surface area contributed by atoms with Gasteiger partial charge in [0, 0.05) is 67.8 Å². The van der Waals surface area contributed by atoms with Crippen LogP contribution in [0.3, 0.4) is 0 Å². The summed E-state index contributed by atoms with van der Waals surface area (Å²) in [4.78, 5) is 32.5. The van der Waals surface area contributed by atoms with Crippen LogP contribution in [0.5, 0.6) is 0 Å². The third-order valence-electron chi connectivity index (χ3n) is 7.41. The first-order chi connectivity index (χ1) is 17.9. The number of amides is 2. The molecule has 2 aromatic heterocycles. The molecule has 3 aromatic rings. The van der Waals surface area contributed by atoms with Crippen molar-refractivity contribution in [3.8, 4) is 11.1 Å². The molecule has 2 saturated heterocycles. The van der Waals surface area contributed by atoms with Crippen molar-refractivity contribution in [3.63, 3.8) is 0 Å². The Hall–Kier alpha value is -3.86. The van der Waals surface area contributed by atoms with Gasteiger partial charge in [-0.3, -0.25) is 20.0 Å². The van der Waals surface area contributed by atoms with Gasteiger partial charge in [0.05, 0.1) is 11.7 Å². The van der Waals surface area contributed by atoms with Crippen molar-refractivity contribution in [3.05, 3.63) is 42.5 Å². The molecule has 4 heterocycles. The zero-order valence-electron chi connectivity index (χ0n) is 20.7. The number of fused-ring (bicyclic) bond motifs is 1. The Kier molecular flexibility index (Phi) is 6.88. The highest BCUT2D eigenvalue weighted by atomic mass is 19.1. The lowest BCUT2D eigenvalue weighted by Crippen LogP contribution is -2.53. The fraction of sp³-hybridized carbons (Fsp3) is 0.423. The molecule has 1 unspecified atom stereocenters. The Bertz CT molecular complexity index is 1350. The highest BCUT2D eigenvalue weighted by Gasteiger charge is 2.36. The van der Waals surface area contributed by atoms with Crippen LogP contribution < -0.4 is 5.32 Å². The lowest BCUT2D eigenvalue weighted by Gasteiger charge is -2.42. The van der Waals surface area contributed by atoms with Crippen LogP contribution in [0.4, 0.5) is 10.2 Å². The molecule has 2 aliphatic heterocycles. The topological polar surface area (TPSA) is 127 Å². The van der Waals surface area contributed by atoms with Gasteiger partial charge in [0.2, 0.25) is 11.8 Å². The summed E-state index contributed by atoms with van der Waals surface area (Å²) in [5.74, 6) is 0.172. The maximum absolute atomic E-state index is 13.8. The quantitative estimate of drug-likeness (QED) is 0.359. The maximum atomic E-state index is 13.8. The van der Waals surface area contributed by atoms with Crippen LogP contribution in [0.2, 0.25) is 0 Å². The van der Waals surface area contributed by atoms with Crippen LogP contribution in [0.1, 0.15) is 25.7 Å². The van der Waals surface area contributed by atoms with Gasteiger partial charge in [-0.25, -0.2) is 9.07 Å². The second kappa shape index (κ2) is 10.3. The normalized spacial score (nSPS) is 18.9. The Morgan fingerprint density at radius 2 is 2.00 bits per heavy atom. The fourth-order valence-corrected chi connectivity index (χ4v) is 5.38. The Morgan fingerprint density at radius 1 is 1.22 bits per heavy atom. The van der Waals surface area contributed by atoms with E-state index in [0.29, 0.717) is 67.9 Å². The van der Waals surface area contributed by atoms with Crippen molar-refractivity contribution < 1.29 is 19.1 Å². The molecule has 2 aliphatic rings. The van der Waals surface area contributed by atoms with Gasteiger partial charge >= 0.3 is 0 Å². The van der Waals surface area contributed by atoms with Crippen molar-refractivity contribution in [2.45, 2.75) is 31.7 Å². The first-order valence-electron chi connectivity index (χ1n) is 12.5. The number of nitrogens with one attached hydrogen (secondary N) is 2. The summed E-state index contributed by atoms with van der Waals surface area (Å²) in [5, 5.41) is 26.4. The summed E-state index contributed by atoms with van der Waals surface area (Å²) in [6.45, 7) is 0.932. The molecule has 1 aromatic carbocycles. The number of benzene rings is 1. The van der Waals surface area contributed by atoms with Gasteiger partial charge in [0.15, 0.2) is 0 Å². The molecule has 10 nitrogen and oxygen atoms in total. The average molecular weight is 508 g/mol. The molecule has 11 heteroatoms. The number of halogens is 1. The number of carbonyl (C=O) groups excluding carboxylic acids is 2. The van der Waals surface area contributed by atoms with E-state index < -0.39 is 6.61 Å². The number of aromatic nitrogens is 3. The molecule has 37 heavy (non-hydrogen) atoms. The molecule has 2 fully saturated rings. The number of hydrogen-bond acceptors (Lipinski definition) is 7. The van der Waals surface area contributed by atoms with Crippen LogP contribution >= 0.6 is 0 Å². The van der Waals surface area contributed by atoms with Crippen LogP contribution in [0.25, 0.3) is 22.0 Å². The molecule has 0 saturated carbocycles. The number of aliphatic hydroxyl groups excluding tert-OH is 1. The van der Waals surface area contributed by atoms with Gasteiger partial charge in [-0.05, 0) is 43.5 Å².